The van der Waals surface area contributed by atoms with Gasteiger partial charge in [0.2, 0.25) is 0 Å². The maximum Gasteiger partial charge on any atom is 0.160 e. The minimum absolute atomic E-state index is 0.701. The first kappa shape index (κ1) is 29.1. The normalized spacial score (nSPS) is 11.9. The fourth-order valence-corrected chi connectivity index (χ4v) is 7.92. The number of fused-ring (bicyclic) bond motifs is 8. The molecule has 0 atom stereocenters. The van der Waals surface area contributed by atoms with Crippen molar-refractivity contribution >= 4 is 34.7 Å². The molecule has 230 valence electrons. The zero-order valence-corrected chi connectivity index (χ0v) is 27.4. The smallest absolute Gasteiger partial charge is 0.160 e. The van der Waals surface area contributed by atoms with Crippen LogP contribution in [0.15, 0.2) is 180 Å². The molecule has 0 spiro atoms. The minimum atomic E-state index is 0.701. The zero-order chi connectivity index (χ0) is 32.6. The van der Waals surface area contributed by atoms with Crippen LogP contribution in [0.2, 0.25) is 0 Å². The lowest BCUT2D eigenvalue weighted by molar-refractivity contribution is 1.18. The Morgan fingerprint density at radius 3 is 1.76 bits per heavy atom. The summed E-state index contributed by atoms with van der Waals surface area (Å²) in [5.74, 6) is 0.701. The molecule has 0 saturated heterocycles. The predicted octanol–water partition coefficient (Wildman–Crippen LogP) is 12.6. The van der Waals surface area contributed by atoms with Crippen molar-refractivity contribution in [3.8, 4) is 56.2 Å². The molecule has 1 aromatic heterocycles. The summed E-state index contributed by atoms with van der Waals surface area (Å²) in [6.45, 7) is 0. The van der Waals surface area contributed by atoms with Crippen LogP contribution in [0, 0.1) is 0 Å². The Labute approximate surface area is 290 Å². The van der Waals surface area contributed by atoms with Crippen LogP contribution >= 0.6 is 11.8 Å². The van der Waals surface area contributed by atoms with Crippen molar-refractivity contribution in [1.82, 2.24) is 9.97 Å². The third-order valence-corrected chi connectivity index (χ3v) is 10.4. The fourth-order valence-electron chi connectivity index (χ4n) is 6.68. The first-order valence-electron chi connectivity index (χ1n) is 16.5. The molecule has 0 amide bonds. The van der Waals surface area contributed by atoms with Gasteiger partial charge in [0, 0.05) is 26.5 Å². The van der Waals surface area contributed by atoms with E-state index in [9.17, 15) is 0 Å². The Morgan fingerprint density at radius 2 is 1.00 bits per heavy atom. The number of benzene rings is 7. The van der Waals surface area contributed by atoms with E-state index in [4.69, 9.17) is 9.97 Å². The predicted molar refractivity (Wildman–Crippen MR) is 206 cm³/mol. The van der Waals surface area contributed by atoms with Gasteiger partial charge in [-0.15, -0.1) is 0 Å². The highest BCUT2D eigenvalue weighted by Gasteiger charge is 2.19. The Morgan fingerprint density at radius 1 is 0.388 bits per heavy atom. The van der Waals surface area contributed by atoms with Crippen molar-refractivity contribution < 1.29 is 0 Å². The first-order chi connectivity index (χ1) is 24.3. The van der Waals surface area contributed by atoms with Gasteiger partial charge in [-0.3, -0.25) is 0 Å². The lowest BCUT2D eigenvalue weighted by Crippen LogP contribution is -1.97. The van der Waals surface area contributed by atoms with Gasteiger partial charge < -0.3 is 0 Å². The van der Waals surface area contributed by atoms with Gasteiger partial charge in [0.05, 0.1) is 11.4 Å². The molecule has 9 rings (SSSR count). The molecule has 49 heavy (non-hydrogen) atoms. The minimum Gasteiger partial charge on any atom is -0.228 e. The molecule has 0 N–H and O–H groups in total. The average Bonchev–Trinajstić information content (AvgIpc) is 3.20. The van der Waals surface area contributed by atoms with Gasteiger partial charge in [-0.2, -0.15) is 0 Å². The van der Waals surface area contributed by atoms with Gasteiger partial charge in [-0.05, 0) is 62.4 Å². The van der Waals surface area contributed by atoms with Gasteiger partial charge in [0.1, 0.15) is 0 Å². The van der Waals surface area contributed by atoms with Crippen LogP contribution in [-0.2, 0) is 0 Å². The number of aromatic nitrogens is 2. The summed E-state index contributed by atoms with van der Waals surface area (Å²) in [6.07, 6.45) is 4.51. The molecule has 7 aromatic carbocycles. The van der Waals surface area contributed by atoms with Gasteiger partial charge in [0.25, 0.3) is 0 Å². The molecule has 8 aromatic rings. The van der Waals surface area contributed by atoms with Crippen LogP contribution in [0.1, 0.15) is 11.1 Å². The molecule has 0 bridgehead atoms. The Balaban J connectivity index is 1.30. The van der Waals surface area contributed by atoms with Gasteiger partial charge in [0.15, 0.2) is 5.82 Å². The summed E-state index contributed by atoms with van der Waals surface area (Å²) >= 11 is 1.85. The molecule has 2 heterocycles. The lowest BCUT2D eigenvalue weighted by Gasteiger charge is -2.17. The van der Waals surface area contributed by atoms with E-state index >= 15 is 0 Å². The molecule has 0 fully saturated rings. The molecular formula is C46H30N2S. The number of nitrogens with zero attached hydrogens (tertiary/aromatic N) is 2. The van der Waals surface area contributed by atoms with E-state index in [-0.39, 0.29) is 0 Å². The summed E-state index contributed by atoms with van der Waals surface area (Å²) in [7, 11) is 0. The zero-order valence-electron chi connectivity index (χ0n) is 26.6. The summed E-state index contributed by atoms with van der Waals surface area (Å²) < 4.78 is 0. The second-order valence-corrected chi connectivity index (χ2v) is 13.2. The highest BCUT2D eigenvalue weighted by molar-refractivity contribution is 7.99. The average molecular weight is 643 g/mol. The van der Waals surface area contributed by atoms with Gasteiger partial charge in [-0.25, -0.2) is 9.97 Å². The van der Waals surface area contributed by atoms with Crippen LogP contribution in [0.4, 0.5) is 0 Å². The van der Waals surface area contributed by atoms with Crippen LogP contribution in [-0.4, -0.2) is 9.97 Å². The Kier molecular flexibility index (Phi) is 7.45. The van der Waals surface area contributed by atoms with E-state index in [1.54, 1.807) is 0 Å². The highest BCUT2D eigenvalue weighted by Crippen LogP contribution is 2.47. The highest BCUT2D eigenvalue weighted by atomic mass is 32.2. The van der Waals surface area contributed by atoms with Gasteiger partial charge >= 0.3 is 0 Å². The van der Waals surface area contributed by atoms with Crippen LogP contribution in [0.25, 0.3) is 79.1 Å². The Bertz CT molecular complexity index is 2460. The van der Waals surface area contributed by atoms with Crippen molar-refractivity contribution in [1.29, 1.82) is 0 Å². The third kappa shape index (κ3) is 5.54. The molecule has 0 unspecified atom stereocenters. The van der Waals surface area contributed by atoms with E-state index in [0.29, 0.717) is 5.82 Å². The maximum absolute atomic E-state index is 5.17. The van der Waals surface area contributed by atoms with E-state index in [1.165, 1.54) is 42.8 Å². The van der Waals surface area contributed by atoms with Crippen molar-refractivity contribution in [2.24, 2.45) is 0 Å². The summed E-state index contributed by atoms with van der Waals surface area (Å²) in [5, 5.41) is 2.46. The monoisotopic (exact) mass is 642 g/mol. The molecular weight excluding hydrogens is 613 g/mol. The van der Waals surface area contributed by atoms with E-state index in [1.807, 2.05) is 23.9 Å². The number of hydrogen-bond acceptors (Lipinski definition) is 3. The van der Waals surface area contributed by atoms with Crippen molar-refractivity contribution in [3.63, 3.8) is 0 Å². The van der Waals surface area contributed by atoms with Crippen LogP contribution in [0.5, 0.6) is 0 Å². The van der Waals surface area contributed by atoms with Crippen molar-refractivity contribution in [3.05, 3.63) is 181 Å². The molecule has 2 nitrogen and oxygen atoms in total. The Hall–Kier alpha value is -6.03. The second-order valence-electron chi connectivity index (χ2n) is 12.2. The molecule has 0 radical (unpaired) electrons. The lowest BCUT2D eigenvalue weighted by atomic mass is 9.93. The summed E-state index contributed by atoms with van der Waals surface area (Å²) in [6, 6.07) is 60.2. The van der Waals surface area contributed by atoms with Gasteiger partial charge in [-0.1, -0.05) is 176 Å². The van der Waals surface area contributed by atoms with E-state index < -0.39 is 0 Å². The van der Waals surface area contributed by atoms with Crippen molar-refractivity contribution in [2.75, 3.05) is 0 Å². The SMILES string of the molecule is C1=Cc2ccc(-c3nc(-c4ccccc4)cc(-c4ccccc4)n3)cc2-c2ccc3ccccc3c2Sc2ccccc2-c2ccccc21. The molecule has 1 aliphatic heterocycles. The van der Waals surface area contributed by atoms with Crippen LogP contribution < -0.4 is 0 Å². The fraction of sp³-hybridized carbons (Fsp3) is 0. The summed E-state index contributed by atoms with van der Waals surface area (Å²) in [4.78, 5) is 12.8. The van der Waals surface area contributed by atoms with Crippen molar-refractivity contribution in [2.45, 2.75) is 9.79 Å². The third-order valence-electron chi connectivity index (χ3n) is 9.14. The largest absolute Gasteiger partial charge is 0.228 e. The first-order valence-corrected chi connectivity index (χ1v) is 17.3. The maximum atomic E-state index is 5.17. The number of hydrogen-bond donors (Lipinski definition) is 0. The van der Waals surface area contributed by atoms with Crippen LogP contribution in [0.3, 0.4) is 0 Å². The van der Waals surface area contributed by atoms with E-state index in [2.05, 4.69) is 170 Å². The van der Waals surface area contributed by atoms with E-state index in [0.717, 1.165) is 39.2 Å². The molecule has 3 heteroatoms. The standard InChI is InChI=1S/C46H30N2S/c1-3-15-34(16-4-1)42-30-43(35-17-5-2-6-18-35)48-46(47-42)36-26-25-33-24-23-31-13-7-9-19-37(31)39-21-11-12-22-44(39)49-45-38-20-10-8-14-32(38)27-28-40(45)41(33)29-36/h1-30H. The second kappa shape index (κ2) is 12.5. The molecule has 1 aliphatic rings. The number of rotatable bonds is 3. The quantitative estimate of drug-likeness (QED) is 0.192. The topological polar surface area (TPSA) is 25.8 Å². The molecule has 0 aliphatic carbocycles. The summed E-state index contributed by atoms with van der Waals surface area (Å²) in [5.41, 5.74) is 12.0. The molecule has 0 saturated carbocycles.